The summed E-state index contributed by atoms with van der Waals surface area (Å²) in [6.07, 6.45) is 33.7. The van der Waals surface area contributed by atoms with Crippen molar-refractivity contribution in [2.24, 2.45) is 0 Å². The van der Waals surface area contributed by atoms with Crippen LogP contribution in [-0.2, 0) is 28.6 Å². The Labute approximate surface area is 308 Å². The normalized spacial score (nSPS) is 13.1. The minimum Gasteiger partial charge on any atom is -0.544 e. The second-order valence-corrected chi connectivity index (χ2v) is 15.2. The first-order valence-electron chi connectivity index (χ1n) is 20.7. The van der Waals surface area contributed by atoms with Crippen LogP contribution in [0.3, 0.4) is 0 Å². The third-order valence-corrected chi connectivity index (χ3v) is 9.40. The lowest BCUT2D eigenvalue weighted by Crippen LogP contribution is -2.55. The van der Waals surface area contributed by atoms with Gasteiger partial charge in [0.05, 0.1) is 40.3 Å². The first-order chi connectivity index (χ1) is 24.1. The smallest absolute Gasteiger partial charge is 0.306 e. The van der Waals surface area contributed by atoms with Gasteiger partial charge >= 0.3 is 11.9 Å². The molecule has 0 amide bonds. The van der Waals surface area contributed by atoms with Crippen molar-refractivity contribution in [2.45, 2.75) is 199 Å². The molecule has 0 rings (SSSR count). The van der Waals surface area contributed by atoms with E-state index < -0.39 is 18.1 Å². The van der Waals surface area contributed by atoms with Gasteiger partial charge in [0, 0.05) is 19.3 Å². The lowest BCUT2D eigenvalue weighted by atomic mass is 10.0. The number of rotatable bonds is 37. The van der Waals surface area contributed by atoms with Gasteiger partial charge in [0.1, 0.15) is 12.6 Å². The Morgan fingerprint density at radius 3 is 1.46 bits per heavy atom. The highest BCUT2D eigenvalue weighted by atomic mass is 16.6. The molecule has 2 unspecified atom stereocenters. The second kappa shape index (κ2) is 34.2. The quantitative estimate of drug-likeness (QED) is 0.0274. The summed E-state index contributed by atoms with van der Waals surface area (Å²) in [7, 11) is 5.40. The van der Waals surface area contributed by atoms with E-state index >= 15 is 0 Å². The van der Waals surface area contributed by atoms with E-state index in [0.717, 1.165) is 51.4 Å². The molecule has 0 saturated carbocycles. The van der Waals surface area contributed by atoms with Gasteiger partial charge in [0.15, 0.2) is 6.10 Å². The van der Waals surface area contributed by atoms with E-state index in [-0.39, 0.29) is 42.7 Å². The van der Waals surface area contributed by atoms with Crippen molar-refractivity contribution < 1.29 is 38.2 Å². The summed E-state index contributed by atoms with van der Waals surface area (Å²) in [4.78, 5) is 36.7. The minimum atomic E-state index is -1.12. The van der Waals surface area contributed by atoms with Gasteiger partial charge in [-0.05, 0) is 38.5 Å². The van der Waals surface area contributed by atoms with E-state index in [2.05, 4.69) is 26.0 Å². The number of unbranched alkanes of at least 4 members (excludes halogenated alkanes) is 21. The summed E-state index contributed by atoms with van der Waals surface area (Å²) in [6, 6.07) is -0.722. The summed E-state index contributed by atoms with van der Waals surface area (Å²) < 4.78 is 17.1. The number of carbonyl (C=O) groups is 3. The van der Waals surface area contributed by atoms with Gasteiger partial charge in [-0.25, -0.2) is 0 Å². The zero-order chi connectivity index (χ0) is 37.1. The van der Waals surface area contributed by atoms with Crippen LogP contribution in [-0.4, -0.2) is 75.5 Å². The number of ether oxygens (including phenoxy) is 3. The average molecular weight is 710 g/mol. The van der Waals surface area contributed by atoms with Gasteiger partial charge in [-0.15, -0.1) is 0 Å². The first-order valence-corrected chi connectivity index (χ1v) is 20.7. The number of esters is 2. The molecule has 0 heterocycles. The SMILES string of the molecule is CCCCCCCC/C=C/CCCCCC(=O)OCC(COCCC(C(=O)[O-])[N+](C)(C)C)OC(=O)CCCCCCCCCCCCCCC. The van der Waals surface area contributed by atoms with Crippen molar-refractivity contribution in [1.82, 2.24) is 0 Å². The van der Waals surface area contributed by atoms with Crippen LogP contribution in [0, 0.1) is 0 Å². The number of likely N-dealkylation sites (N-methyl/N-ethyl adjacent to an activating group) is 1. The van der Waals surface area contributed by atoms with Gasteiger partial charge < -0.3 is 28.6 Å². The zero-order valence-corrected chi connectivity index (χ0v) is 33.3. The average Bonchev–Trinajstić information content (AvgIpc) is 3.06. The Bertz CT molecular complexity index is 838. The molecule has 0 aliphatic rings. The predicted octanol–water partition coefficient (Wildman–Crippen LogP) is 9.41. The standard InChI is InChI=1S/C42H79NO7/c1-6-8-10-12-14-16-18-20-22-24-26-28-30-32-40(44)49-37-38(36-48-35-34-39(42(46)47)43(3,4)5)50-41(45)33-31-29-27-25-23-21-19-17-15-13-11-9-7-2/h20,22,38-39H,6-19,21,23-37H2,1-5H3/b22-20+. The van der Waals surface area contributed by atoms with Gasteiger partial charge in [0.25, 0.3) is 0 Å². The fourth-order valence-electron chi connectivity index (χ4n) is 6.12. The van der Waals surface area contributed by atoms with Gasteiger partial charge in [-0.1, -0.05) is 142 Å². The number of carboxylic acids is 1. The molecule has 8 nitrogen and oxygen atoms in total. The molecule has 0 aliphatic carbocycles. The van der Waals surface area contributed by atoms with Gasteiger partial charge in [-0.3, -0.25) is 9.59 Å². The van der Waals surface area contributed by atoms with Crippen LogP contribution in [0.4, 0.5) is 0 Å². The van der Waals surface area contributed by atoms with Crippen LogP contribution >= 0.6 is 0 Å². The second-order valence-electron chi connectivity index (χ2n) is 15.2. The molecular weight excluding hydrogens is 630 g/mol. The Kier molecular flexibility index (Phi) is 32.9. The fourth-order valence-corrected chi connectivity index (χ4v) is 6.12. The largest absolute Gasteiger partial charge is 0.544 e. The molecule has 0 aromatic carbocycles. The Hall–Kier alpha value is -1.93. The highest BCUT2D eigenvalue weighted by Gasteiger charge is 2.25. The molecule has 0 aliphatic heterocycles. The number of allylic oxidation sites excluding steroid dienone is 2. The van der Waals surface area contributed by atoms with Crippen LogP contribution < -0.4 is 5.11 Å². The van der Waals surface area contributed by atoms with Crippen LogP contribution in [0.25, 0.3) is 0 Å². The summed E-state index contributed by atoms with van der Waals surface area (Å²) in [6.45, 7) is 4.64. The lowest BCUT2D eigenvalue weighted by molar-refractivity contribution is -0.889. The zero-order valence-electron chi connectivity index (χ0n) is 33.3. The van der Waals surface area contributed by atoms with Crippen molar-refractivity contribution in [3.8, 4) is 0 Å². The lowest BCUT2D eigenvalue weighted by Gasteiger charge is -2.34. The molecule has 0 bridgehead atoms. The van der Waals surface area contributed by atoms with E-state index in [1.165, 1.54) is 103 Å². The van der Waals surface area contributed by atoms with Crippen molar-refractivity contribution in [2.75, 3.05) is 41.0 Å². The molecule has 0 aromatic heterocycles. The number of quaternary nitrogens is 1. The summed E-state index contributed by atoms with van der Waals surface area (Å²) in [5.74, 6) is -1.75. The Morgan fingerprint density at radius 1 is 0.580 bits per heavy atom. The number of hydrogen-bond acceptors (Lipinski definition) is 7. The van der Waals surface area contributed by atoms with Crippen molar-refractivity contribution in [3.05, 3.63) is 12.2 Å². The maximum absolute atomic E-state index is 12.7. The molecule has 0 spiro atoms. The molecule has 2 atom stereocenters. The van der Waals surface area contributed by atoms with E-state index in [0.29, 0.717) is 12.8 Å². The molecule has 0 fully saturated rings. The Morgan fingerprint density at radius 2 is 1.00 bits per heavy atom. The maximum atomic E-state index is 12.7. The highest BCUT2D eigenvalue weighted by Crippen LogP contribution is 2.14. The fraction of sp³-hybridized carbons (Fsp3) is 0.881. The van der Waals surface area contributed by atoms with E-state index in [1.807, 2.05) is 0 Å². The highest BCUT2D eigenvalue weighted by molar-refractivity contribution is 5.70. The molecule has 294 valence electrons. The predicted molar refractivity (Wildman–Crippen MR) is 204 cm³/mol. The van der Waals surface area contributed by atoms with Crippen LogP contribution in [0.5, 0.6) is 0 Å². The molecule has 0 saturated heterocycles. The number of carboxylic acid groups (broad SMARTS) is 1. The van der Waals surface area contributed by atoms with Gasteiger partial charge in [0.2, 0.25) is 0 Å². The van der Waals surface area contributed by atoms with E-state index in [9.17, 15) is 19.5 Å². The third-order valence-electron chi connectivity index (χ3n) is 9.40. The van der Waals surface area contributed by atoms with Crippen molar-refractivity contribution >= 4 is 17.9 Å². The van der Waals surface area contributed by atoms with Crippen molar-refractivity contribution in [1.29, 1.82) is 0 Å². The van der Waals surface area contributed by atoms with Crippen molar-refractivity contribution in [3.63, 3.8) is 0 Å². The van der Waals surface area contributed by atoms with Gasteiger partial charge in [-0.2, -0.15) is 0 Å². The molecule has 0 aromatic rings. The number of aliphatic carboxylic acids is 1. The first kappa shape index (κ1) is 48.1. The summed E-state index contributed by atoms with van der Waals surface area (Å²) >= 11 is 0. The molecule has 50 heavy (non-hydrogen) atoms. The molecular formula is C42H79NO7. The Balaban J connectivity index is 4.39. The van der Waals surface area contributed by atoms with E-state index in [4.69, 9.17) is 14.2 Å². The van der Waals surface area contributed by atoms with Crippen LogP contribution in [0.15, 0.2) is 12.2 Å². The summed E-state index contributed by atoms with van der Waals surface area (Å²) in [5, 5.41) is 11.6. The topological polar surface area (TPSA) is 102 Å². The number of carbonyl (C=O) groups excluding carboxylic acids is 3. The molecule has 0 N–H and O–H groups in total. The number of hydrogen-bond donors (Lipinski definition) is 0. The van der Waals surface area contributed by atoms with Crippen LogP contribution in [0.2, 0.25) is 0 Å². The number of nitrogens with zero attached hydrogens (tertiary/aromatic N) is 1. The third kappa shape index (κ3) is 32.0. The molecule has 0 radical (unpaired) electrons. The molecule has 8 heteroatoms. The maximum Gasteiger partial charge on any atom is 0.306 e. The monoisotopic (exact) mass is 710 g/mol. The summed E-state index contributed by atoms with van der Waals surface area (Å²) in [5.41, 5.74) is 0. The van der Waals surface area contributed by atoms with Crippen LogP contribution in [0.1, 0.15) is 187 Å². The minimum absolute atomic E-state index is 0.0413. The van der Waals surface area contributed by atoms with E-state index in [1.54, 1.807) is 21.1 Å².